The van der Waals surface area contributed by atoms with Crippen LogP contribution in [0, 0.1) is 20.2 Å². The maximum atomic E-state index is 15.2. The van der Waals surface area contributed by atoms with Crippen molar-refractivity contribution in [3.8, 4) is 34.5 Å². The van der Waals surface area contributed by atoms with Gasteiger partial charge in [0.15, 0.2) is 0 Å². The zero-order valence-corrected chi connectivity index (χ0v) is 30.5. The van der Waals surface area contributed by atoms with Crippen LogP contribution in [-0.2, 0) is 5.41 Å². The second-order valence-electron chi connectivity index (χ2n) is 12.9. The van der Waals surface area contributed by atoms with Gasteiger partial charge in [0, 0.05) is 35.4 Å². The average Bonchev–Trinajstić information content (AvgIpc) is 3.20. The zero-order chi connectivity index (χ0) is 44.3. The molecule has 6 aromatic carbocycles. The van der Waals surface area contributed by atoms with Crippen LogP contribution in [0.3, 0.4) is 0 Å². The summed E-state index contributed by atoms with van der Waals surface area (Å²) >= 11 is 0. The lowest BCUT2D eigenvalue weighted by atomic mass is 9.72. The average molecular weight is 849 g/mol. The van der Waals surface area contributed by atoms with E-state index in [9.17, 15) is 40.0 Å². The highest BCUT2D eigenvalue weighted by atomic mass is 19.4. The highest BCUT2D eigenvalue weighted by Crippen LogP contribution is 2.57. The number of nitrogens with zero attached hydrogens (tertiary/aromatic N) is 2. The maximum absolute atomic E-state index is 15.2. The molecule has 0 aliphatic rings. The third kappa shape index (κ3) is 8.97. The number of nitro groups is 2. The van der Waals surface area contributed by atoms with Crippen LogP contribution in [0.1, 0.15) is 31.8 Å². The summed E-state index contributed by atoms with van der Waals surface area (Å²) in [5.41, 5.74) is -10.2. The van der Waals surface area contributed by atoms with E-state index in [-0.39, 0.29) is 45.5 Å². The van der Waals surface area contributed by atoms with Gasteiger partial charge in [0.05, 0.1) is 21.2 Å². The topological polar surface area (TPSA) is 203 Å². The molecule has 0 bridgehead atoms. The third-order valence-electron chi connectivity index (χ3n) is 9.01. The second kappa shape index (κ2) is 16.6. The molecule has 0 saturated carbocycles. The number of benzene rings is 6. The number of carbonyl (C=O) groups is 2. The summed E-state index contributed by atoms with van der Waals surface area (Å²) in [6.45, 7) is 0. The molecule has 0 heterocycles. The molecule has 0 unspecified atom stereocenters. The minimum Gasteiger partial charge on any atom is -0.506 e. The molecule has 0 aliphatic heterocycles. The Balaban J connectivity index is 1.25. The number of hydrogen-bond donors (Lipinski definition) is 4. The summed E-state index contributed by atoms with van der Waals surface area (Å²) in [5, 5.41) is 47.0. The van der Waals surface area contributed by atoms with Gasteiger partial charge >= 0.3 is 12.4 Å². The van der Waals surface area contributed by atoms with Crippen LogP contribution >= 0.6 is 0 Å². The zero-order valence-electron chi connectivity index (χ0n) is 30.5. The molecule has 14 nitrogen and oxygen atoms in total. The first kappa shape index (κ1) is 42.4. The summed E-state index contributed by atoms with van der Waals surface area (Å²) in [5.74, 6) is -3.18. The Bertz CT molecular complexity index is 2440. The first-order valence-electron chi connectivity index (χ1n) is 17.2. The molecule has 6 aromatic rings. The van der Waals surface area contributed by atoms with Crippen LogP contribution in [0.4, 0.5) is 49.1 Å². The van der Waals surface area contributed by atoms with Gasteiger partial charge in [-0.05, 0) is 108 Å². The Kier molecular flexibility index (Phi) is 11.6. The van der Waals surface area contributed by atoms with Crippen LogP contribution in [0.25, 0.3) is 0 Å². The Morgan fingerprint density at radius 2 is 0.787 bits per heavy atom. The normalized spacial score (nSPS) is 11.6. The lowest BCUT2D eigenvalue weighted by Crippen LogP contribution is -2.54. The van der Waals surface area contributed by atoms with E-state index < -0.39 is 73.4 Å². The summed E-state index contributed by atoms with van der Waals surface area (Å²) in [4.78, 5) is 46.8. The molecule has 0 saturated heterocycles. The van der Waals surface area contributed by atoms with E-state index in [1.165, 1.54) is 97.1 Å². The van der Waals surface area contributed by atoms with Gasteiger partial charge in [-0.25, -0.2) is 0 Å². The number of alkyl halides is 6. The molecule has 312 valence electrons. The molecule has 20 heteroatoms. The molecule has 0 spiro atoms. The molecule has 0 radical (unpaired) electrons. The number of amides is 2. The minimum absolute atomic E-state index is 0.157. The van der Waals surface area contributed by atoms with Crippen molar-refractivity contribution in [1.29, 1.82) is 0 Å². The first-order chi connectivity index (χ1) is 28.8. The van der Waals surface area contributed by atoms with Crippen molar-refractivity contribution in [2.45, 2.75) is 17.8 Å². The fraction of sp³-hybridized carbons (Fsp3) is 0.0732. The van der Waals surface area contributed by atoms with Gasteiger partial charge in [-0.1, -0.05) is 12.1 Å². The van der Waals surface area contributed by atoms with Gasteiger partial charge in [0.2, 0.25) is 5.41 Å². The van der Waals surface area contributed by atoms with Crippen molar-refractivity contribution in [2.24, 2.45) is 0 Å². The van der Waals surface area contributed by atoms with Crippen molar-refractivity contribution in [3.63, 3.8) is 0 Å². The lowest BCUT2D eigenvalue weighted by Gasteiger charge is -2.38. The number of phenols is 2. The van der Waals surface area contributed by atoms with E-state index in [1.807, 2.05) is 0 Å². The van der Waals surface area contributed by atoms with E-state index in [1.54, 1.807) is 0 Å². The van der Waals surface area contributed by atoms with E-state index in [0.29, 0.717) is 36.4 Å². The number of carbonyl (C=O) groups excluding carboxylic acids is 2. The molecular weight excluding hydrogens is 822 g/mol. The van der Waals surface area contributed by atoms with E-state index in [0.717, 1.165) is 0 Å². The number of ether oxygens (including phenoxy) is 2. The van der Waals surface area contributed by atoms with Crippen LogP contribution in [0.5, 0.6) is 34.5 Å². The van der Waals surface area contributed by atoms with Gasteiger partial charge in [0.25, 0.3) is 23.2 Å². The standard InChI is InChI=1S/C41H26F6N4O10/c42-40(43,44)39(41(45,46)47,25-5-19-35(52)33(21-25)48-37(54)23-1-11-29(12-2-23)60-31-15-7-27(8-16-31)50(56)57)26-6-20-36(53)34(22-26)49-38(55)24-3-13-30(14-4-24)61-32-17-9-28(10-18-32)51(58)59/h1-22,52-53H,(H,48,54)(H,49,55). The van der Waals surface area contributed by atoms with Crippen molar-refractivity contribution in [2.75, 3.05) is 10.6 Å². The second-order valence-corrected chi connectivity index (χ2v) is 12.9. The number of non-ortho nitro benzene ring substituents is 2. The number of hydrogen-bond acceptors (Lipinski definition) is 10. The molecule has 61 heavy (non-hydrogen) atoms. The number of halogens is 6. The van der Waals surface area contributed by atoms with Crippen LogP contribution in [0.15, 0.2) is 133 Å². The molecule has 0 aromatic heterocycles. The maximum Gasteiger partial charge on any atom is 0.411 e. The summed E-state index contributed by atoms with van der Waals surface area (Å²) in [6, 6.07) is 22.4. The van der Waals surface area contributed by atoms with Crippen molar-refractivity contribution in [3.05, 3.63) is 176 Å². The molecule has 0 fully saturated rings. The highest BCUT2D eigenvalue weighted by molar-refractivity contribution is 6.06. The predicted molar refractivity (Wildman–Crippen MR) is 204 cm³/mol. The molecule has 0 atom stereocenters. The Labute approximate surface area is 338 Å². The SMILES string of the molecule is O=C(Nc1cc(C(c2ccc(O)c(NC(=O)c3ccc(Oc4ccc([N+](=O)[O-])cc4)cc3)c2)(C(F)(F)F)C(F)(F)F)ccc1O)c1ccc(Oc2ccc([N+](=O)[O-])cc2)cc1. The number of anilines is 2. The molecule has 2 amide bonds. The van der Waals surface area contributed by atoms with Crippen molar-refractivity contribution in [1.82, 2.24) is 0 Å². The molecule has 0 aliphatic carbocycles. The first-order valence-corrected chi connectivity index (χ1v) is 17.2. The minimum atomic E-state index is -6.17. The summed E-state index contributed by atoms with van der Waals surface area (Å²) in [7, 11) is 0. The molecule has 6 rings (SSSR count). The number of nitro benzene ring substituents is 2. The largest absolute Gasteiger partial charge is 0.506 e. The van der Waals surface area contributed by atoms with Gasteiger partial charge in [-0.3, -0.25) is 29.8 Å². The van der Waals surface area contributed by atoms with Gasteiger partial charge < -0.3 is 30.3 Å². The highest BCUT2D eigenvalue weighted by Gasteiger charge is 2.72. The van der Waals surface area contributed by atoms with Crippen molar-refractivity contribution >= 4 is 34.6 Å². The number of phenolic OH excluding ortho intramolecular Hbond substituents is 2. The number of aromatic hydroxyl groups is 2. The van der Waals surface area contributed by atoms with Gasteiger partial charge in [-0.2, -0.15) is 26.3 Å². The van der Waals surface area contributed by atoms with E-state index in [4.69, 9.17) is 9.47 Å². The Hall–Kier alpha value is -8.16. The summed E-state index contributed by atoms with van der Waals surface area (Å²) < 4.78 is 102. The summed E-state index contributed by atoms with van der Waals surface area (Å²) in [6.07, 6.45) is -12.3. The van der Waals surface area contributed by atoms with Crippen LogP contribution in [-0.4, -0.2) is 44.2 Å². The van der Waals surface area contributed by atoms with Gasteiger partial charge in [0.1, 0.15) is 34.5 Å². The van der Waals surface area contributed by atoms with Crippen LogP contribution < -0.4 is 20.1 Å². The Morgan fingerprint density at radius 1 is 0.492 bits per heavy atom. The predicted octanol–water partition coefficient (Wildman–Crippen LogP) is 10.4. The van der Waals surface area contributed by atoms with Gasteiger partial charge in [-0.15, -0.1) is 0 Å². The fourth-order valence-electron chi connectivity index (χ4n) is 6.00. The van der Waals surface area contributed by atoms with E-state index >= 15 is 26.3 Å². The number of nitrogens with one attached hydrogen (secondary N) is 2. The van der Waals surface area contributed by atoms with Crippen LogP contribution in [0.2, 0.25) is 0 Å². The lowest BCUT2D eigenvalue weighted by molar-refractivity contribution is -0.385. The third-order valence-corrected chi connectivity index (χ3v) is 9.01. The number of rotatable bonds is 12. The van der Waals surface area contributed by atoms with Crippen molar-refractivity contribution < 1.29 is 65.5 Å². The monoisotopic (exact) mass is 848 g/mol. The quantitative estimate of drug-likeness (QED) is 0.0397. The fourth-order valence-corrected chi connectivity index (χ4v) is 6.00. The smallest absolute Gasteiger partial charge is 0.411 e. The Morgan fingerprint density at radius 3 is 1.07 bits per heavy atom. The molecule has 4 N–H and O–H groups in total. The van der Waals surface area contributed by atoms with E-state index in [2.05, 4.69) is 10.6 Å². The molecular formula is C41H26F6N4O10.